The van der Waals surface area contributed by atoms with E-state index in [0.29, 0.717) is 5.91 Å². The maximum atomic E-state index is 11.6. The van der Waals surface area contributed by atoms with Gasteiger partial charge in [-0.05, 0) is 18.9 Å². The van der Waals surface area contributed by atoms with Crippen LogP contribution in [0.25, 0.3) is 0 Å². The lowest BCUT2D eigenvalue weighted by molar-refractivity contribution is -0.128. The average molecular weight is 292 g/mol. The van der Waals surface area contributed by atoms with E-state index in [-0.39, 0.29) is 6.10 Å². The number of aromatic nitrogens is 2. The molecule has 3 heterocycles. The highest BCUT2D eigenvalue weighted by molar-refractivity contribution is 5.78. The molecule has 6 nitrogen and oxygen atoms in total. The monoisotopic (exact) mass is 292 g/mol. The van der Waals surface area contributed by atoms with Gasteiger partial charge in [-0.25, -0.2) is 0 Å². The van der Waals surface area contributed by atoms with Crippen molar-refractivity contribution in [1.82, 2.24) is 19.6 Å². The minimum atomic E-state index is 0.187. The number of hydrogen-bond donors (Lipinski definition) is 0. The summed E-state index contributed by atoms with van der Waals surface area (Å²) >= 11 is 0. The Bertz CT molecular complexity index is 488. The third-order valence-corrected chi connectivity index (χ3v) is 4.23. The molecule has 0 radical (unpaired) electrons. The van der Waals surface area contributed by atoms with Crippen molar-refractivity contribution in [3.63, 3.8) is 0 Å². The van der Waals surface area contributed by atoms with E-state index >= 15 is 0 Å². The third kappa shape index (κ3) is 3.83. The van der Waals surface area contributed by atoms with Crippen molar-refractivity contribution < 1.29 is 9.53 Å². The highest BCUT2D eigenvalue weighted by atomic mass is 16.5. The number of carbonyl (C=O) groups excluding carboxylic acids is 1. The highest BCUT2D eigenvalue weighted by Gasteiger charge is 2.24. The molecule has 6 heteroatoms. The summed E-state index contributed by atoms with van der Waals surface area (Å²) in [6.07, 6.45) is 5.85. The number of ether oxygens (including phenoxy) is 1. The molecule has 1 aromatic rings. The highest BCUT2D eigenvalue weighted by Crippen LogP contribution is 2.11. The van der Waals surface area contributed by atoms with Gasteiger partial charge in [0.25, 0.3) is 0 Å². The minimum Gasteiger partial charge on any atom is -0.374 e. The van der Waals surface area contributed by atoms with Crippen molar-refractivity contribution in [3.8, 4) is 0 Å². The van der Waals surface area contributed by atoms with E-state index in [9.17, 15) is 4.79 Å². The van der Waals surface area contributed by atoms with Gasteiger partial charge in [0.15, 0.2) is 0 Å². The van der Waals surface area contributed by atoms with Gasteiger partial charge in [-0.2, -0.15) is 5.10 Å². The molecule has 0 saturated carbocycles. The summed E-state index contributed by atoms with van der Waals surface area (Å²) in [5.41, 5.74) is 1.18. The third-order valence-electron chi connectivity index (χ3n) is 4.23. The van der Waals surface area contributed by atoms with Gasteiger partial charge in [0.1, 0.15) is 0 Å². The Hall–Kier alpha value is -1.40. The molecule has 21 heavy (non-hydrogen) atoms. The molecular weight excluding hydrogens is 268 g/mol. The van der Waals surface area contributed by atoms with Crippen LogP contribution >= 0.6 is 0 Å². The van der Waals surface area contributed by atoms with Crippen molar-refractivity contribution in [3.05, 3.63) is 18.0 Å². The molecule has 2 fully saturated rings. The SMILES string of the molecule is Cc1cnn(C[C@H]2CN(CCN3CCCC3=O)CCO2)c1. The van der Waals surface area contributed by atoms with Crippen LogP contribution in [0.15, 0.2) is 12.4 Å². The van der Waals surface area contributed by atoms with E-state index < -0.39 is 0 Å². The Morgan fingerprint density at radius 1 is 1.38 bits per heavy atom. The molecule has 1 atom stereocenters. The van der Waals surface area contributed by atoms with Crippen LogP contribution < -0.4 is 0 Å². The first-order valence-corrected chi connectivity index (χ1v) is 7.81. The van der Waals surface area contributed by atoms with Crippen LogP contribution in [-0.2, 0) is 16.1 Å². The van der Waals surface area contributed by atoms with Crippen molar-refractivity contribution in [2.45, 2.75) is 32.4 Å². The fraction of sp³-hybridized carbons (Fsp3) is 0.733. The molecule has 116 valence electrons. The molecule has 2 aliphatic heterocycles. The van der Waals surface area contributed by atoms with Crippen LogP contribution in [0.1, 0.15) is 18.4 Å². The molecule has 0 unspecified atom stereocenters. The van der Waals surface area contributed by atoms with E-state index in [1.807, 2.05) is 28.9 Å². The standard InChI is InChI=1S/C15H24N4O2/c1-13-9-16-19(10-13)12-14-11-17(7-8-21-14)5-6-18-4-2-3-15(18)20/h9-10,14H,2-8,11-12H2,1H3/t14-/m1/s1. The number of carbonyl (C=O) groups is 1. The molecule has 0 bridgehead atoms. The van der Waals surface area contributed by atoms with E-state index in [2.05, 4.69) is 10.00 Å². The van der Waals surface area contributed by atoms with E-state index in [1.165, 1.54) is 5.56 Å². The number of morpholine rings is 1. The molecule has 0 aliphatic carbocycles. The Balaban J connectivity index is 1.45. The van der Waals surface area contributed by atoms with Crippen molar-refractivity contribution >= 4 is 5.91 Å². The fourth-order valence-electron chi connectivity index (χ4n) is 3.07. The lowest BCUT2D eigenvalue weighted by atomic mass is 10.2. The van der Waals surface area contributed by atoms with Crippen LogP contribution in [-0.4, -0.2) is 70.9 Å². The molecule has 0 aromatic carbocycles. The maximum absolute atomic E-state index is 11.6. The van der Waals surface area contributed by atoms with Gasteiger partial charge in [-0.15, -0.1) is 0 Å². The van der Waals surface area contributed by atoms with Crippen LogP contribution in [0.4, 0.5) is 0 Å². The zero-order chi connectivity index (χ0) is 14.7. The summed E-state index contributed by atoms with van der Waals surface area (Å²) in [6, 6.07) is 0. The van der Waals surface area contributed by atoms with Crippen molar-refractivity contribution in [1.29, 1.82) is 0 Å². The quantitative estimate of drug-likeness (QED) is 0.794. The Morgan fingerprint density at radius 2 is 2.29 bits per heavy atom. The van der Waals surface area contributed by atoms with Gasteiger partial charge in [0, 0.05) is 45.3 Å². The molecule has 1 aromatic heterocycles. The molecule has 0 spiro atoms. The summed E-state index contributed by atoms with van der Waals surface area (Å²) in [5.74, 6) is 0.312. The van der Waals surface area contributed by atoms with Crippen LogP contribution in [0.3, 0.4) is 0 Å². The molecule has 2 aliphatic rings. The first-order valence-electron chi connectivity index (χ1n) is 7.81. The smallest absolute Gasteiger partial charge is 0.222 e. The zero-order valence-electron chi connectivity index (χ0n) is 12.7. The maximum Gasteiger partial charge on any atom is 0.222 e. The normalized spacial score (nSPS) is 24.0. The number of aryl methyl sites for hydroxylation is 1. The number of amides is 1. The molecule has 1 amide bonds. The fourth-order valence-corrected chi connectivity index (χ4v) is 3.07. The lowest BCUT2D eigenvalue weighted by Crippen LogP contribution is -2.47. The van der Waals surface area contributed by atoms with Gasteiger partial charge in [0.05, 0.1) is 25.5 Å². The Labute approximate surface area is 125 Å². The minimum absolute atomic E-state index is 0.187. The number of rotatable bonds is 5. The summed E-state index contributed by atoms with van der Waals surface area (Å²) in [4.78, 5) is 16.0. The van der Waals surface area contributed by atoms with Crippen molar-refractivity contribution in [2.75, 3.05) is 39.3 Å². The molecule has 2 saturated heterocycles. The first kappa shape index (κ1) is 14.5. The van der Waals surface area contributed by atoms with Crippen LogP contribution in [0, 0.1) is 6.92 Å². The summed E-state index contributed by atoms with van der Waals surface area (Å²) in [6.45, 7) is 8.21. The molecule has 3 rings (SSSR count). The van der Waals surface area contributed by atoms with E-state index in [1.54, 1.807) is 0 Å². The second-order valence-electron chi connectivity index (χ2n) is 6.02. The van der Waals surface area contributed by atoms with Gasteiger partial charge in [0.2, 0.25) is 5.91 Å². The predicted octanol–water partition coefficient (Wildman–Crippen LogP) is 0.515. The van der Waals surface area contributed by atoms with Gasteiger partial charge in [-0.3, -0.25) is 14.4 Å². The van der Waals surface area contributed by atoms with E-state index in [4.69, 9.17) is 4.74 Å². The number of likely N-dealkylation sites (tertiary alicyclic amines) is 1. The largest absolute Gasteiger partial charge is 0.374 e. The lowest BCUT2D eigenvalue weighted by Gasteiger charge is -2.33. The number of nitrogens with zero attached hydrogens (tertiary/aromatic N) is 4. The van der Waals surface area contributed by atoms with Crippen molar-refractivity contribution in [2.24, 2.45) is 0 Å². The van der Waals surface area contributed by atoms with Crippen LogP contribution in [0.2, 0.25) is 0 Å². The van der Waals surface area contributed by atoms with Crippen LogP contribution in [0.5, 0.6) is 0 Å². The van der Waals surface area contributed by atoms with Gasteiger partial charge < -0.3 is 9.64 Å². The summed E-state index contributed by atoms with van der Waals surface area (Å²) in [5, 5.41) is 4.32. The van der Waals surface area contributed by atoms with Gasteiger partial charge >= 0.3 is 0 Å². The zero-order valence-corrected chi connectivity index (χ0v) is 12.7. The van der Waals surface area contributed by atoms with Gasteiger partial charge in [-0.1, -0.05) is 0 Å². The molecular formula is C15H24N4O2. The second-order valence-corrected chi connectivity index (χ2v) is 6.02. The topological polar surface area (TPSA) is 50.6 Å². The summed E-state index contributed by atoms with van der Waals surface area (Å²) < 4.78 is 7.78. The Morgan fingerprint density at radius 3 is 3.00 bits per heavy atom. The second kappa shape index (κ2) is 6.58. The van der Waals surface area contributed by atoms with E-state index in [0.717, 1.165) is 58.7 Å². The Kier molecular flexibility index (Phi) is 4.55. The number of hydrogen-bond acceptors (Lipinski definition) is 4. The predicted molar refractivity (Wildman–Crippen MR) is 79.0 cm³/mol. The average Bonchev–Trinajstić information content (AvgIpc) is 3.06. The first-order chi connectivity index (χ1) is 10.2. The molecule has 0 N–H and O–H groups in total. The summed E-state index contributed by atoms with van der Waals surface area (Å²) in [7, 11) is 0.